The van der Waals surface area contributed by atoms with Gasteiger partial charge >= 0.3 is 12.1 Å². The zero-order valence-electron chi connectivity index (χ0n) is 13.2. The number of carbonyl (C=O) groups is 1. The molecule has 138 valence electrons. The number of hydrogen-bond donors (Lipinski definition) is 2. The number of carboxylic acids is 1. The molecule has 8 heteroatoms. The summed E-state index contributed by atoms with van der Waals surface area (Å²) >= 11 is 0. The lowest BCUT2D eigenvalue weighted by Crippen LogP contribution is -2.29. The molecule has 0 aliphatic rings. The first-order valence-electron chi connectivity index (χ1n) is 7.41. The molecule has 2 rings (SSSR count). The normalized spacial score (nSPS) is 13.5. The van der Waals surface area contributed by atoms with Crippen LogP contribution in [-0.4, -0.2) is 17.1 Å². The van der Waals surface area contributed by atoms with Crippen LogP contribution in [0.2, 0.25) is 0 Å². The van der Waals surface area contributed by atoms with Gasteiger partial charge in [0, 0.05) is 11.6 Å². The highest BCUT2D eigenvalue weighted by atomic mass is 19.4. The van der Waals surface area contributed by atoms with Crippen LogP contribution in [0, 0.1) is 11.6 Å². The maximum Gasteiger partial charge on any atom is 0.416 e. The molecular formula is C18H14F5NO2. The smallest absolute Gasteiger partial charge is 0.416 e. The van der Waals surface area contributed by atoms with Crippen LogP contribution in [0.5, 0.6) is 0 Å². The van der Waals surface area contributed by atoms with E-state index >= 15 is 0 Å². The molecule has 3 N–H and O–H groups in total. The van der Waals surface area contributed by atoms with E-state index in [9.17, 15) is 26.7 Å². The maximum atomic E-state index is 14.1. The van der Waals surface area contributed by atoms with E-state index < -0.39 is 35.4 Å². The molecule has 0 bridgehead atoms. The summed E-state index contributed by atoms with van der Waals surface area (Å²) in [4.78, 5) is 10.8. The van der Waals surface area contributed by atoms with E-state index in [1.165, 1.54) is 6.08 Å². The van der Waals surface area contributed by atoms with Gasteiger partial charge in [0.2, 0.25) is 0 Å². The molecule has 0 heterocycles. The van der Waals surface area contributed by atoms with Gasteiger partial charge in [0.15, 0.2) is 0 Å². The molecule has 3 nitrogen and oxygen atoms in total. The van der Waals surface area contributed by atoms with E-state index in [0.29, 0.717) is 6.07 Å². The van der Waals surface area contributed by atoms with Gasteiger partial charge in [-0.3, -0.25) is 4.79 Å². The van der Waals surface area contributed by atoms with E-state index in [0.717, 1.165) is 36.4 Å². The Morgan fingerprint density at radius 2 is 1.73 bits per heavy atom. The third-order valence-electron chi connectivity index (χ3n) is 3.64. The second kappa shape index (κ2) is 7.65. The number of carboxylic acid groups (broad SMARTS) is 1. The van der Waals surface area contributed by atoms with Gasteiger partial charge in [0.05, 0.1) is 5.56 Å². The average Bonchev–Trinajstić information content (AvgIpc) is 2.55. The Bertz CT molecular complexity index is 828. The summed E-state index contributed by atoms with van der Waals surface area (Å²) < 4.78 is 65.4. The molecule has 2 aromatic carbocycles. The highest BCUT2D eigenvalue weighted by Gasteiger charge is 2.30. The molecule has 0 aromatic heterocycles. The fourth-order valence-electron chi connectivity index (χ4n) is 2.28. The van der Waals surface area contributed by atoms with Crippen LogP contribution in [0.3, 0.4) is 0 Å². The Hall–Kier alpha value is -2.74. The third-order valence-corrected chi connectivity index (χ3v) is 3.64. The molecular weight excluding hydrogens is 357 g/mol. The molecule has 0 fully saturated rings. The number of aliphatic carboxylic acids is 1. The largest absolute Gasteiger partial charge is 0.480 e. The fraction of sp³-hybridized carbons (Fsp3) is 0.167. The summed E-state index contributed by atoms with van der Waals surface area (Å²) in [5.74, 6) is -3.03. The topological polar surface area (TPSA) is 63.3 Å². The quantitative estimate of drug-likeness (QED) is 0.774. The number of hydrogen-bond acceptors (Lipinski definition) is 2. The predicted molar refractivity (Wildman–Crippen MR) is 85.1 cm³/mol. The van der Waals surface area contributed by atoms with Crippen molar-refractivity contribution in [2.75, 3.05) is 0 Å². The Morgan fingerprint density at radius 3 is 2.23 bits per heavy atom. The average molecular weight is 371 g/mol. The Labute approximate surface area is 145 Å². The van der Waals surface area contributed by atoms with Gasteiger partial charge in [-0.05, 0) is 41.8 Å². The summed E-state index contributed by atoms with van der Waals surface area (Å²) in [5, 5.41) is 8.85. The van der Waals surface area contributed by atoms with E-state index in [2.05, 4.69) is 0 Å². The molecule has 26 heavy (non-hydrogen) atoms. The molecule has 0 radical (unpaired) electrons. The van der Waals surface area contributed by atoms with Crippen LogP contribution in [-0.2, 0) is 11.0 Å². The van der Waals surface area contributed by atoms with E-state index in [-0.39, 0.29) is 23.1 Å². The minimum absolute atomic E-state index is 0.0799. The zero-order valence-corrected chi connectivity index (χ0v) is 13.2. The van der Waals surface area contributed by atoms with Crippen molar-refractivity contribution in [3.63, 3.8) is 0 Å². The number of nitrogens with two attached hydrogens (primary N) is 1. The van der Waals surface area contributed by atoms with Crippen molar-refractivity contribution < 1.29 is 31.9 Å². The molecule has 0 aliphatic heterocycles. The predicted octanol–water partition coefficient (Wildman–Crippen LogP) is 4.22. The van der Waals surface area contributed by atoms with Crippen LogP contribution in [0.4, 0.5) is 22.0 Å². The highest BCUT2D eigenvalue weighted by molar-refractivity contribution is 5.81. The van der Waals surface area contributed by atoms with Gasteiger partial charge in [-0.1, -0.05) is 18.2 Å². The fourth-order valence-corrected chi connectivity index (χ4v) is 2.28. The van der Waals surface area contributed by atoms with Gasteiger partial charge in [-0.2, -0.15) is 13.2 Å². The lowest BCUT2D eigenvalue weighted by atomic mass is 9.94. The molecule has 0 saturated carbocycles. The summed E-state index contributed by atoms with van der Waals surface area (Å²) in [7, 11) is 0. The van der Waals surface area contributed by atoms with Crippen LogP contribution < -0.4 is 5.73 Å². The number of alkyl halides is 3. The van der Waals surface area contributed by atoms with Crippen molar-refractivity contribution in [3.8, 4) is 0 Å². The summed E-state index contributed by atoms with van der Waals surface area (Å²) in [6.07, 6.45) is -3.42. The Morgan fingerprint density at radius 1 is 1.12 bits per heavy atom. The molecule has 1 atom stereocenters. The van der Waals surface area contributed by atoms with Crippen LogP contribution in [0.1, 0.15) is 23.1 Å². The molecule has 0 aliphatic carbocycles. The molecule has 1 unspecified atom stereocenters. The third kappa shape index (κ3) is 4.66. The van der Waals surface area contributed by atoms with Crippen molar-refractivity contribution in [3.05, 3.63) is 76.9 Å². The summed E-state index contributed by atoms with van der Waals surface area (Å²) in [6.45, 7) is 0. The van der Waals surface area contributed by atoms with Crippen LogP contribution in [0.25, 0.3) is 5.57 Å². The summed E-state index contributed by atoms with van der Waals surface area (Å²) in [6, 6.07) is 5.37. The molecule has 0 amide bonds. The van der Waals surface area contributed by atoms with Crippen LogP contribution >= 0.6 is 0 Å². The lowest BCUT2D eigenvalue weighted by Gasteiger charge is -2.13. The minimum Gasteiger partial charge on any atom is -0.480 e. The lowest BCUT2D eigenvalue weighted by molar-refractivity contribution is -0.139. The minimum atomic E-state index is -4.53. The number of benzene rings is 2. The first kappa shape index (κ1) is 19.6. The van der Waals surface area contributed by atoms with Gasteiger partial charge < -0.3 is 10.8 Å². The van der Waals surface area contributed by atoms with Gasteiger partial charge in [0.25, 0.3) is 0 Å². The number of halogens is 5. The monoisotopic (exact) mass is 371 g/mol. The van der Waals surface area contributed by atoms with Crippen molar-refractivity contribution in [2.45, 2.75) is 18.6 Å². The molecule has 0 saturated heterocycles. The van der Waals surface area contributed by atoms with Crippen molar-refractivity contribution >= 4 is 11.5 Å². The Balaban J connectivity index is 2.50. The van der Waals surface area contributed by atoms with E-state index in [1.54, 1.807) is 0 Å². The first-order valence-corrected chi connectivity index (χ1v) is 7.41. The van der Waals surface area contributed by atoms with E-state index in [1.807, 2.05) is 0 Å². The standard InChI is InChI=1S/C18H14F5NO2/c19-12-5-6-14(15(20)9-12)13(7-8-16(24)17(25)26)10-1-3-11(4-2-10)18(21,22)23/h1-7,9,16H,8,24H2,(H,25,26). The zero-order chi connectivity index (χ0) is 19.5. The Kier molecular flexibility index (Phi) is 5.76. The van der Waals surface area contributed by atoms with E-state index in [4.69, 9.17) is 10.8 Å². The second-order valence-corrected chi connectivity index (χ2v) is 5.50. The van der Waals surface area contributed by atoms with Gasteiger partial charge in [-0.15, -0.1) is 0 Å². The SMILES string of the molecule is NC(CC=C(c1ccc(C(F)(F)F)cc1)c1ccc(F)cc1F)C(=O)O. The molecule has 0 spiro atoms. The molecule has 2 aromatic rings. The highest BCUT2D eigenvalue weighted by Crippen LogP contribution is 2.32. The second-order valence-electron chi connectivity index (χ2n) is 5.50. The van der Waals surface area contributed by atoms with Crippen LogP contribution in [0.15, 0.2) is 48.5 Å². The van der Waals surface area contributed by atoms with Gasteiger partial charge in [-0.25, -0.2) is 8.78 Å². The number of rotatable bonds is 5. The van der Waals surface area contributed by atoms with Gasteiger partial charge in [0.1, 0.15) is 17.7 Å². The van der Waals surface area contributed by atoms with Crippen molar-refractivity contribution in [2.24, 2.45) is 5.73 Å². The van der Waals surface area contributed by atoms with Crippen molar-refractivity contribution in [1.82, 2.24) is 0 Å². The summed E-state index contributed by atoms with van der Waals surface area (Å²) in [5.41, 5.74) is 4.78. The first-order chi connectivity index (χ1) is 12.1. The maximum absolute atomic E-state index is 14.1. The van der Waals surface area contributed by atoms with Crippen molar-refractivity contribution in [1.29, 1.82) is 0 Å².